The normalized spacial score (nSPS) is 18.3. The predicted molar refractivity (Wildman–Crippen MR) is 111 cm³/mol. The second kappa shape index (κ2) is 8.75. The Morgan fingerprint density at radius 3 is 2.48 bits per heavy atom. The molecule has 0 bridgehead atoms. The van der Waals surface area contributed by atoms with Crippen LogP contribution in [0.25, 0.3) is 0 Å². The molecule has 1 fully saturated rings. The van der Waals surface area contributed by atoms with Gasteiger partial charge in [0, 0.05) is 24.9 Å². The maximum atomic E-state index is 12.4. The molecule has 1 aromatic carbocycles. The number of aliphatic hydroxyl groups is 1. The van der Waals surface area contributed by atoms with Crippen molar-refractivity contribution >= 4 is 12.1 Å². The molecule has 7 heteroatoms. The fourth-order valence-corrected chi connectivity index (χ4v) is 3.29. The molecule has 29 heavy (non-hydrogen) atoms. The van der Waals surface area contributed by atoms with Gasteiger partial charge in [-0.3, -0.25) is 0 Å². The standard InChI is InChI=1S/C22H31N3O4/c1-15(25-13-11-18(29-20(25)27)14-22(4,5)28)17-8-6-16(7-9-17)10-12-21(2,3)24-19(23)26/h6-9,15,18,28H,11,13-14H2,1-5H3,(H3,23,24,26). The van der Waals surface area contributed by atoms with Gasteiger partial charge < -0.3 is 25.8 Å². The summed E-state index contributed by atoms with van der Waals surface area (Å²) in [6, 6.07) is 6.86. The maximum absolute atomic E-state index is 12.4. The molecule has 1 aromatic rings. The summed E-state index contributed by atoms with van der Waals surface area (Å²) in [6.07, 6.45) is 0.489. The molecule has 2 rings (SSSR count). The number of hydrogen-bond acceptors (Lipinski definition) is 4. The zero-order valence-corrected chi connectivity index (χ0v) is 17.8. The fraction of sp³-hybridized carbons (Fsp3) is 0.545. The summed E-state index contributed by atoms with van der Waals surface area (Å²) < 4.78 is 5.51. The molecular formula is C22H31N3O4. The third-order valence-electron chi connectivity index (χ3n) is 4.74. The number of ether oxygens (including phenoxy) is 1. The van der Waals surface area contributed by atoms with Gasteiger partial charge in [0.1, 0.15) is 6.10 Å². The van der Waals surface area contributed by atoms with Crippen molar-refractivity contribution in [2.24, 2.45) is 5.73 Å². The summed E-state index contributed by atoms with van der Waals surface area (Å²) in [6.45, 7) is 9.51. The summed E-state index contributed by atoms with van der Waals surface area (Å²) in [7, 11) is 0. The highest BCUT2D eigenvalue weighted by Crippen LogP contribution is 2.28. The first-order chi connectivity index (χ1) is 13.4. The number of urea groups is 1. The van der Waals surface area contributed by atoms with Crippen LogP contribution in [-0.2, 0) is 4.74 Å². The molecule has 0 radical (unpaired) electrons. The number of nitrogens with zero attached hydrogens (tertiary/aromatic N) is 1. The van der Waals surface area contributed by atoms with E-state index in [2.05, 4.69) is 17.2 Å². The van der Waals surface area contributed by atoms with Gasteiger partial charge in [-0.1, -0.05) is 24.0 Å². The van der Waals surface area contributed by atoms with E-state index in [4.69, 9.17) is 10.5 Å². The van der Waals surface area contributed by atoms with E-state index in [9.17, 15) is 14.7 Å². The predicted octanol–water partition coefficient (Wildman–Crippen LogP) is 2.92. The van der Waals surface area contributed by atoms with Crippen LogP contribution < -0.4 is 11.1 Å². The first-order valence-electron chi connectivity index (χ1n) is 9.77. The zero-order chi connectivity index (χ0) is 21.8. The summed E-state index contributed by atoms with van der Waals surface area (Å²) in [4.78, 5) is 25.1. The Labute approximate surface area is 172 Å². The molecule has 158 valence electrons. The SMILES string of the molecule is CC(c1ccc(C#CC(C)(C)NC(N)=O)cc1)N1CCC(CC(C)(C)O)OC1=O. The van der Waals surface area contributed by atoms with Crippen LogP contribution in [0.5, 0.6) is 0 Å². The lowest BCUT2D eigenvalue weighted by atomic mass is 9.97. The molecule has 1 aliphatic heterocycles. The molecule has 2 unspecified atom stereocenters. The molecule has 2 atom stereocenters. The first kappa shape index (κ1) is 22.6. The monoisotopic (exact) mass is 401 g/mol. The van der Waals surface area contributed by atoms with E-state index in [0.29, 0.717) is 19.4 Å². The number of carbonyl (C=O) groups excluding carboxylic acids is 2. The van der Waals surface area contributed by atoms with Crippen LogP contribution in [-0.4, -0.2) is 45.9 Å². The van der Waals surface area contributed by atoms with Crippen molar-refractivity contribution in [1.29, 1.82) is 0 Å². The Morgan fingerprint density at radius 1 is 1.34 bits per heavy atom. The largest absolute Gasteiger partial charge is 0.446 e. The van der Waals surface area contributed by atoms with E-state index < -0.39 is 17.2 Å². The smallest absolute Gasteiger partial charge is 0.410 e. The van der Waals surface area contributed by atoms with Crippen LogP contribution in [0.4, 0.5) is 9.59 Å². The van der Waals surface area contributed by atoms with Crippen LogP contribution in [0, 0.1) is 11.8 Å². The molecule has 0 spiro atoms. The van der Waals surface area contributed by atoms with E-state index in [0.717, 1.165) is 11.1 Å². The average Bonchev–Trinajstić information content (AvgIpc) is 2.57. The van der Waals surface area contributed by atoms with Gasteiger partial charge in [0.25, 0.3) is 0 Å². The van der Waals surface area contributed by atoms with Gasteiger partial charge in [-0.15, -0.1) is 0 Å². The molecule has 1 aliphatic rings. The number of nitrogens with one attached hydrogen (secondary N) is 1. The highest BCUT2D eigenvalue weighted by molar-refractivity contribution is 5.73. The van der Waals surface area contributed by atoms with Gasteiger partial charge in [-0.2, -0.15) is 0 Å². The summed E-state index contributed by atoms with van der Waals surface area (Å²) in [5.41, 5.74) is 5.33. The summed E-state index contributed by atoms with van der Waals surface area (Å²) in [5, 5.41) is 12.5. The topological polar surface area (TPSA) is 105 Å². The number of rotatable bonds is 5. The van der Waals surface area contributed by atoms with Crippen molar-refractivity contribution in [2.45, 2.75) is 70.7 Å². The molecule has 0 aromatic heterocycles. The summed E-state index contributed by atoms with van der Waals surface area (Å²) >= 11 is 0. The van der Waals surface area contributed by atoms with Crippen LogP contribution in [0.2, 0.25) is 0 Å². The van der Waals surface area contributed by atoms with Crippen LogP contribution >= 0.6 is 0 Å². The van der Waals surface area contributed by atoms with E-state index in [1.807, 2.05) is 31.2 Å². The molecule has 7 nitrogen and oxygen atoms in total. The average molecular weight is 402 g/mol. The number of amides is 3. The van der Waals surface area contributed by atoms with Crippen molar-refractivity contribution in [3.63, 3.8) is 0 Å². The lowest BCUT2D eigenvalue weighted by Gasteiger charge is -2.37. The van der Waals surface area contributed by atoms with Crippen LogP contribution in [0.15, 0.2) is 24.3 Å². The lowest BCUT2D eigenvalue weighted by molar-refractivity contribution is -0.0309. The van der Waals surface area contributed by atoms with E-state index in [-0.39, 0.29) is 18.2 Å². The highest BCUT2D eigenvalue weighted by Gasteiger charge is 2.33. The Hall–Kier alpha value is -2.72. The second-order valence-electron chi connectivity index (χ2n) is 8.67. The van der Waals surface area contributed by atoms with Crippen molar-refractivity contribution in [3.8, 4) is 11.8 Å². The molecular weight excluding hydrogens is 370 g/mol. The van der Waals surface area contributed by atoms with Crippen LogP contribution in [0.3, 0.4) is 0 Å². The zero-order valence-electron chi connectivity index (χ0n) is 17.8. The number of hydrogen-bond donors (Lipinski definition) is 3. The van der Waals surface area contributed by atoms with Crippen molar-refractivity contribution in [2.75, 3.05) is 6.54 Å². The molecule has 1 heterocycles. The quantitative estimate of drug-likeness (QED) is 0.660. The number of benzene rings is 1. The Balaban J connectivity index is 2.02. The Morgan fingerprint density at radius 2 is 1.97 bits per heavy atom. The minimum atomic E-state index is -0.864. The minimum Gasteiger partial charge on any atom is -0.446 e. The number of carbonyl (C=O) groups is 2. The van der Waals surface area contributed by atoms with Gasteiger partial charge in [0.15, 0.2) is 0 Å². The highest BCUT2D eigenvalue weighted by atomic mass is 16.6. The number of nitrogens with two attached hydrogens (primary N) is 1. The van der Waals surface area contributed by atoms with E-state index in [1.54, 1.807) is 32.6 Å². The van der Waals surface area contributed by atoms with Crippen LogP contribution in [0.1, 0.15) is 64.6 Å². The molecule has 4 N–H and O–H groups in total. The van der Waals surface area contributed by atoms with Gasteiger partial charge in [0.05, 0.1) is 17.2 Å². The van der Waals surface area contributed by atoms with Crippen molar-refractivity contribution < 1.29 is 19.4 Å². The second-order valence-corrected chi connectivity index (χ2v) is 8.67. The van der Waals surface area contributed by atoms with Gasteiger partial charge in [-0.25, -0.2) is 9.59 Å². The number of cyclic esters (lactones) is 1. The van der Waals surface area contributed by atoms with E-state index >= 15 is 0 Å². The molecule has 1 saturated heterocycles. The third kappa shape index (κ3) is 6.99. The van der Waals surface area contributed by atoms with Gasteiger partial charge >= 0.3 is 12.1 Å². The van der Waals surface area contributed by atoms with Crippen molar-refractivity contribution in [1.82, 2.24) is 10.2 Å². The van der Waals surface area contributed by atoms with E-state index in [1.165, 1.54) is 0 Å². The maximum Gasteiger partial charge on any atom is 0.410 e. The Kier molecular flexibility index (Phi) is 6.81. The van der Waals surface area contributed by atoms with Gasteiger partial charge in [-0.05, 0) is 52.3 Å². The fourth-order valence-electron chi connectivity index (χ4n) is 3.29. The minimum absolute atomic E-state index is 0.138. The number of primary amides is 1. The first-order valence-corrected chi connectivity index (χ1v) is 9.77. The lowest BCUT2D eigenvalue weighted by Crippen LogP contribution is -2.45. The molecule has 3 amide bonds. The molecule has 0 aliphatic carbocycles. The van der Waals surface area contributed by atoms with Crippen molar-refractivity contribution in [3.05, 3.63) is 35.4 Å². The Bertz CT molecular complexity index is 800. The molecule has 0 saturated carbocycles. The third-order valence-corrected chi connectivity index (χ3v) is 4.74. The summed E-state index contributed by atoms with van der Waals surface area (Å²) in [5.74, 6) is 6.01. The van der Waals surface area contributed by atoms with Gasteiger partial charge in [0.2, 0.25) is 0 Å².